The number of likely N-dealkylation sites (N-methyl/N-ethyl adjacent to an activating group) is 1. The van der Waals surface area contributed by atoms with E-state index >= 15 is 0 Å². The summed E-state index contributed by atoms with van der Waals surface area (Å²) in [5, 5.41) is 8.98. The topological polar surface area (TPSA) is 87.8 Å². The van der Waals surface area contributed by atoms with E-state index in [4.69, 9.17) is 9.52 Å². The molecule has 1 N–H and O–H groups in total. The average Bonchev–Trinajstić information content (AvgIpc) is 2.96. The summed E-state index contributed by atoms with van der Waals surface area (Å²) in [6.07, 6.45) is 2.20. The maximum absolute atomic E-state index is 12.9. The van der Waals surface area contributed by atoms with Crippen LogP contribution in [-0.2, 0) is 22.9 Å². The minimum absolute atomic E-state index is 0.0822. The molecule has 0 aliphatic heterocycles. The van der Waals surface area contributed by atoms with Gasteiger partial charge in [-0.3, -0.25) is 0 Å². The number of carboxylic acid groups (broad SMARTS) is 1. The van der Waals surface area contributed by atoms with Crippen LogP contribution in [0, 0.1) is 6.92 Å². The zero-order valence-corrected chi connectivity index (χ0v) is 14.3. The van der Waals surface area contributed by atoms with Crippen LogP contribution in [0.15, 0.2) is 39.6 Å². The zero-order chi connectivity index (χ0) is 17.5. The summed E-state index contributed by atoms with van der Waals surface area (Å²) in [5.74, 6) is -1.56. The summed E-state index contributed by atoms with van der Waals surface area (Å²) in [7, 11) is -2.27. The third-order valence-electron chi connectivity index (χ3n) is 4.58. The van der Waals surface area contributed by atoms with Crippen LogP contribution in [0.1, 0.15) is 33.9 Å². The molecule has 1 aliphatic carbocycles. The van der Waals surface area contributed by atoms with Gasteiger partial charge >= 0.3 is 5.97 Å². The van der Waals surface area contributed by atoms with Gasteiger partial charge in [-0.25, -0.2) is 13.2 Å². The van der Waals surface area contributed by atoms with Crippen molar-refractivity contribution in [2.75, 3.05) is 7.05 Å². The molecule has 1 heterocycles. The molecule has 0 saturated carbocycles. The lowest BCUT2D eigenvalue weighted by Gasteiger charge is -2.31. The van der Waals surface area contributed by atoms with Crippen LogP contribution in [0.4, 0.5) is 0 Å². The number of hydrogen-bond acceptors (Lipinski definition) is 4. The number of rotatable bonds is 4. The quantitative estimate of drug-likeness (QED) is 0.916. The van der Waals surface area contributed by atoms with Gasteiger partial charge in [0.05, 0.1) is 0 Å². The minimum Gasteiger partial charge on any atom is -0.475 e. The third-order valence-corrected chi connectivity index (χ3v) is 6.59. The molecule has 24 heavy (non-hydrogen) atoms. The van der Waals surface area contributed by atoms with Crippen LogP contribution in [0.5, 0.6) is 0 Å². The Balaban J connectivity index is 1.89. The molecule has 0 radical (unpaired) electrons. The standard InChI is InChI=1S/C17H19NO5S/c1-11-16(10-15(23-11)17(19)20)24(21,22)18(2)14-8-7-12-5-3-4-6-13(12)9-14/h3-6,10,14H,7-9H2,1-2H3,(H,19,20). The zero-order valence-electron chi connectivity index (χ0n) is 13.5. The van der Waals surface area contributed by atoms with Gasteiger partial charge in [0.15, 0.2) is 0 Å². The molecular weight excluding hydrogens is 330 g/mol. The normalized spacial score (nSPS) is 17.7. The predicted octanol–water partition coefficient (Wildman–Crippen LogP) is 2.46. The number of carbonyl (C=O) groups is 1. The molecule has 1 aliphatic rings. The van der Waals surface area contributed by atoms with E-state index in [0.29, 0.717) is 6.42 Å². The lowest BCUT2D eigenvalue weighted by molar-refractivity contribution is 0.0661. The molecule has 1 atom stereocenters. The Labute approximate surface area is 140 Å². The highest BCUT2D eigenvalue weighted by atomic mass is 32.2. The molecule has 1 unspecified atom stereocenters. The molecule has 7 heteroatoms. The molecule has 128 valence electrons. The second-order valence-electron chi connectivity index (χ2n) is 6.02. The van der Waals surface area contributed by atoms with Crippen LogP contribution in [0.2, 0.25) is 0 Å². The first kappa shape index (κ1) is 16.7. The maximum atomic E-state index is 12.9. The second kappa shape index (κ2) is 6.07. The van der Waals surface area contributed by atoms with E-state index in [1.807, 2.05) is 18.2 Å². The summed E-state index contributed by atoms with van der Waals surface area (Å²) in [6.45, 7) is 1.46. The first-order chi connectivity index (χ1) is 11.3. The van der Waals surface area contributed by atoms with Gasteiger partial charge in [0, 0.05) is 19.2 Å². The number of furan rings is 1. The van der Waals surface area contributed by atoms with E-state index in [1.54, 1.807) is 7.05 Å². The number of aromatic carboxylic acids is 1. The molecule has 0 bridgehead atoms. The number of sulfonamides is 1. The highest BCUT2D eigenvalue weighted by Crippen LogP contribution is 2.29. The molecule has 6 nitrogen and oxygen atoms in total. The fraction of sp³-hybridized carbons (Fsp3) is 0.353. The van der Waals surface area contributed by atoms with E-state index in [9.17, 15) is 13.2 Å². The summed E-state index contributed by atoms with van der Waals surface area (Å²) in [4.78, 5) is 10.9. The third kappa shape index (κ3) is 2.85. The molecule has 3 rings (SSSR count). The minimum atomic E-state index is -3.81. The number of nitrogens with zero attached hydrogens (tertiary/aromatic N) is 1. The first-order valence-corrected chi connectivity index (χ1v) is 9.13. The Morgan fingerprint density at radius 3 is 2.58 bits per heavy atom. The van der Waals surface area contributed by atoms with E-state index < -0.39 is 16.0 Å². The van der Waals surface area contributed by atoms with E-state index in [1.165, 1.54) is 16.8 Å². The molecule has 0 spiro atoms. The summed E-state index contributed by atoms with van der Waals surface area (Å²) < 4.78 is 32.1. The Morgan fingerprint density at radius 1 is 1.29 bits per heavy atom. The van der Waals surface area contributed by atoms with Crippen molar-refractivity contribution >= 4 is 16.0 Å². The summed E-state index contributed by atoms with van der Waals surface area (Å²) in [6, 6.07) is 8.96. The number of carboxylic acids is 1. The lowest BCUT2D eigenvalue weighted by Crippen LogP contribution is -2.40. The van der Waals surface area contributed by atoms with Gasteiger partial charge in [-0.2, -0.15) is 4.31 Å². The number of aryl methyl sites for hydroxylation is 2. The van der Waals surface area contributed by atoms with E-state index in [2.05, 4.69) is 6.07 Å². The fourth-order valence-electron chi connectivity index (χ4n) is 3.17. The number of fused-ring (bicyclic) bond motifs is 1. The van der Waals surface area contributed by atoms with Crippen LogP contribution in [-0.4, -0.2) is 36.9 Å². The molecule has 1 aromatic carbocycles. The van der Waals surface area contributed by atoms with E-state index in [-0.39, 0.29) is 22.5 Å². The Kier molecular flexibility index (Phi) is 4.23. The first-order valence-electron chi connectivity index (χ1n) is 7.69. The van der Waals surface area contributed by atoms with Crippen molar-refractivity contribution in [3.63, 3.8) is 0 Å². The highest BCUT2D eigenvalue weighted by molar-refractivity contribution is 7.89. The molecule has 2 aromatic rings. The van der Waals surface area contributed by atoms with Crippen molar-refractivity contribution in [2.24, 2.45) is 0 Å². The van der Waals surface area contributed by atoms with Crippen molar-refractivity contribution < 1.29 is 22.7 Å². The largest absolute Gasteiger partial charge is 0.475 e. The molecule has 1 aromatic heterocycles. The Bertz CT molecular complexity index is 884. The number of benzene rings is 1. The van der Waals surface area contributed by atoms with Crippen molar-refractivity contribution in [3.05, 3.63) is 53.0 Å². The van der Waals surface area contributed by atoms with Gasteiger partial charge in [-0.15, -0.1) is 0 Å². The van der Waals surface area contributed by atoms with E-state index in [0.717, 1.165) is 24.5 Å². The lowest BCUT2D eigenvalue weighted by atomic mass is 9.88. The Hall–Kier alpha value is -2.12. The SMILES string of the molecule is Cc1oc(C(=O)O)cc1S(=O)(=O)N(C)C1CCc2ccccc2C1. The van der Waals surface area contributed by atoms with Crippen molar-refractivity contribution in [3.8, 4) is 0 Å². The molecule has 0 amide bonds. The van der Waals surface area contributed by atoms with Crippen LogP contribution in [0.25, 0.3) is 0 Å². The maximum Gasteiger partial charge on any atom is 0.371 e. The molecular formula is C17H19NO5S. The second-order valence-corrected chi connectivity index (χ2v) is 7.99. The van der Waals surface area contributed by atoms with Gasteiger partial charge in [0.1, 0.15) is 10.7 Å². The van der Waals surface area contributed by atoms with Crippen LogP contribution < -0.4 is 0 Å². The molecule has 0 saturated heterocycles. The predicted molar refractivity (Wildman–Crippen MR) is 87.6 cm³/mol. The van der Waals surface area contributed by atoms with Gasteiger partial charge < -0.3 is 9.52 Å². The number of hydrogen-bond donors (Lipinski definition) is 1. The van der Waals surface area contributed by atoms with Gasteiger partial charge in [-0.05, 0) is 37.3 Å². The van der Waals surface area contributed by atoms with Gasteiger partial charge in [0.2, 0.25) is 15.8 Å². The van der Waals surface area contributed by atoms with Crippen molar-refractivity contribution in [1.29, 1.82) is 0 Å². The smallest absolute Gasteiger partial charge is 0.371 e. The van der Waals surface area contributed by atoms with Crippen LogP contribution in [0.3, 0.4) is 0 Å². The Morgan fingerprint density at radius 2 is 1.96 bits per heavy atom. The van der Waals surface area contributed by atoms with Gasteiger partial charge in [-0.1, -0.05) is 24.3 Å². The highest BCUT2D eigenvalue weighted by Gasteiger charge is 2.33. The van der Waals surface area contributed by atoms with Crippen molar-refractivity contribution in [1.82, 2.24) is 4.31 Å². The monoisotopic (exact) mass is 349 g/mol. The summed E-state index contributed by atoms with van der Waals surface area (Å²) >= 11 is 0. The van der Waals surface area contributed by atoms with Gasteiger partial charge in [0.25, 0.3) is 0 Å². The average molecular weight is 349 g/mol. The summed E-state index contributed by atoms with van der Waals surface area (Å²) in [5.41, 5.74) is 2.41. The molecule has 0 fully saturated rings. The fourth-order valence-corrected chi connectivity index (χ4v) is 4.71. The van der Waals surface area contributed by atoms with Crippen LogP contribution >= 0.6 is 0 Å². The van der Waals surface area contributed by atoms with Crippen molar-refractivity contribution in [2.45, 2.75) is 37.1 Å².